The van der Waals surface area contributed by atoms with Crippen LogP contribution in [0.1, 0.15) is 30.0 Å². The first-order valence-electron chi connectivity index (χ1n) is 11.4. The summed E-state index contributed by atoms with van der Waals surface area (Å²) in [7, 11) is 1.63. The van der Waals surface area contributed by atoms with Gasteiger partial charge in [-0.25, -0.2) is 5.01 Å². The zero-order valence-corrected chi connectivity index (χ0v) is 21.0. The zero-order chi connectivity index (χ0) is 25.1. The lowest BCUT2D eigenvalue weighted by molar-refractivity contribution is -0.121. The molecule has 36 heavy (non-hydrogen) atoms. The van der Waals surface area contributed by atoms with Crippen molar-refractivity contribution in [2.75, 3.05) is 12.4 Å². The van der Waals surface area contributed by atoms with Crippen molar-refractivity contribution < 1.29 is 14.3 Å². The lowest BCUT2D eigenvalue weighted by atomic mass is 9.98. The highest BCUT2D eigenvalue weighted by molar-refractivity contribution is 8.15. The van der Waals surface area contributed by atoms with E-state index in [0.717, 1.165) is 22.6 Å². The molecular formula is C27H23ClN4O3S. The van der Waals surface area contributed by atoms with Crippen molar-refractivity contribution in [1.29, 1.82) is 0 Å². The molecule has 1 N–H and O–H groups in total. The van der Waals surface area contributed by atoms with Gasteiger partial charge in [-0.15, -0.1) is 0 Å². The highest BCUT2D eigenvalue weighted by Gasteiger charge is 2.39. The second-order valence-electron chi connectivity index (χ2n) is 8.32. The van der Waals surface area contributed by atoms with E-state index in [1.54, 1.807) is 31.4 Å². The first-order valence-corrected chi connectivity index (χ1v) is 12.7. The van der Waals surface area contributed by atoms with Crippen LogP contribution in [0.2, 0.25) is 5.02 Å². The quantitative estimate of drug-likeness (QED) is 0.464. The summed E-state index contributed by atoms with van der Waals surface area (Å²) in [5, 5.41) is 9.76. The number of carbonyl (C=O) groups is 2. The highest BCUT2D eigenvalue weighted by atomic mass is 35.5. The third-order valence-corrected chi connectivity index (χ3v) is 7.43. The predicted octanol–water partition coefficient (Wildman–Crippen LogP) is 5.53. The first kappa shape index (κ1) is 24.1. The van der Waals surface area contributed by atoms with Crippen molar-refractivity contribution in [2.24, 2.45) is 10.1 Å². The summed E-state index contributed by atoms with van der Waals surface area (Å²) < 4.78 is 5.27. The van der Waals surface area contributed by atoms with Crippen LogP contribution in [0.4, 0.5) is 5.69 Å². The lowest BCUT2D eigenvalue weighted by Gasteiger charge is -2.23. The fraction of sp³-hybridized carbons (Fsp3) is 0.185. The number of carbonyl (C=O) groups excluding carboxylic acids is 2. The van der Waals surface area contributed by atoms with Gasteiger partial charge in [0.05, 0.1) is 29.6 Å². The van der Waals surface area contributed by atoms with E-state index in [-0.39, 0.29) is 24.3 Å². The third kappa shape index (κ3) is 5.15. The van der Waals surface area contributed by atoms with Crippen LogP contribution in [0, 0.1) is 0 Å². The summed E-state index contributed by atoms with van der Waals surface area (Å²) in [5.41, 5.74) is 3.45. The average Bonchev–Trinajstić information content (AvgIpc) is 3.50. The molecule has 2 aliphatic heterocycles. The highest BCUT2D eigenvalue weighted by Crippen LogP contribution is 2.38. The summed E-state index contributed by atoms with van der Waals surface area (Å²) in [6.45, 7) is 0. The average molecular weight is 519 g/mol. The van der Waals surface area contributed by atoms with Crippen LogP contribution < -0.4 is 10.1 Å². The summed E-state index contributed by atoms with van der Waals surface area (Å²) in [5.74, 6) is 0.131. The molecule has 2 aliphatic rings. The number of ether oxygens (including phenoxy) is 1. The molecule has 0 unspecified atom stereocenters. The SMILES string of the molecule is COc1ccc(C2=NN(C3=NC(=O)[C@@H](CC(=O)Nc4ccccc4Cl)S3)[C@@H](c3ccccc3)C2)cc1. The van der Waals surface area contributed by atoms with Crippen LogP contribution >= 0.6 is 23.4 Å². The molecule has 0 aliphatic carbocycles. The number of rotatable bonds is 6. The van der Waals surface area contributed by atoms with Crippen molar-refractivity contribution in [3.63, 3.8) is 0 Å². The fourth-order valence-electron chi connectivity index (χ4n) is 4.12. The number of anilines is 1. The van der Waals surface area contributed by atoms with E-state index in [0.29, 0.717) is 22.3 Å². The second-order valence-corrected chi connectivity index (χ2v) is 9.90. The molecule has 0 fully saturated rings. The van der Waals surface area contributed by atoms with E-state index in [2.05, 4.69) is 10.3 Å². The molecule has 0 saturated heterocycles. The van der Waals surface area contributed by atoms with Gasteiger partial charge in [-0.1, -0.05) is 65.8 Å². The predicted molar refractivity (Wildman–Crippen MR) is 144 cm³/mol. The van der Waals surface area contributed by atoms with Crippen molar-refractivity contribution in [2.45, 2.75) is 24.1 Å². The van der Waals surface area contributed by atoms with Crippen LogP contribution in [-0.4, -0.2) is 40.1 Å². The van der Waals surface area contributed by atoms with Gasteiger partial charge in [0, 0.05) is 12.8 Å². The largest absolute Gasteiger partial charge is 0.497 e. The number of halogens is 1. The molecule has 2 amide bonds. The number of amidine groups is 1. The number of nitrogens with one attached hydrogen (secondary N) is 1. The van der Waals surface area contributed by atoms with Crippen LogP contribution in [0.5, 0.6) is 5.75 Å². The van der Waals surface area contributed by atoms with Crippen LogP contribution in [0.25, 0.3) is 0 Å². The summed E-state index contributed by atoms with van der Waals surface area (Å²) in [6, 6.07) is 24.6. The van der Waals surface area contributed by atoms with Gasteiger partial charge in [0.15, 0.2) is 5.17 Å². The van der Waals surface area contributed by atoms with Crippen molar-refractivity contribution in [1.82, 2.24) is 5.01 Å². The summed E-state index contributed by atoms with van der Waals surface area (Å²) in [4.78, 5) is 29.7. The third-order valence-electron chi connectivity index (χ3n) is 5.96. The normalized spacial score (nSPS) is 19.2. The molecule has 182 valence electrons. The van der Waals surface area contributed by atoms with E-state index in [1.807, 2.05) is 59.6 Å². The van der Waals surface area contributed by atoms with E-state index >= 15 is 0 Å². The number of hydrogen-bond acceptors (Lipinski definition) is 6. The Morgan fingerprint density at radius 3 is 2.53 bits per heavy atom. The molecule has 2 heterocycles. The number of para-hydroxylation sites is 1. The van der Waals surface area contributed by atoms with Crippen LogP contribution in [0.15, 0.2) is 89.0 Å². The van der Waals surface area contributed by atoms with Gasteiger partial charge >= 0.3 is 0 Å². The Morgan fingerprint density at radius 2 is 1.81 bits per heavy atom. The Bertz CT molecular complexity index is 1340. The van der Waals surface area contributed by atoms with E-state index in [4.69, 9.17) is 21.4 Å². The molecule has 0 bridgehead atoms. The lowest BCUT2D eigenvalue weighted by Crippen LogP contribution is -2.25. The minimum Gasteiger partial charge on any atom is -0.497 e. The van der Waals surface area contributed by atoms with E-state index in [1.165, 1.54) is 11.8 Å². The van der Waals surface area contributed by atoms with Gasteiger partial charge in [0.1, 0.15) is 11.0 Å². The van der Waals surface area contributed by atoms with Gasteiger partial charge in [0.25, 0.3) is 5.91 Å². The number of thioether (sulfide) groups is 1. The zero-order valence-electron chi connectivity index (χ0n) is 19.4. The minimum atomic E-state index is -0.626. The van der Waals surface area contributed by atoms with Gasteiger partial charge in [-0.3, -0.25) is 9.59 Å². The number of amides is 2. The first-order chi connectivity index (χ1) is 17.5. The number of methoxy groups -OCH3 is 1. The van der Waals surface area contributed by atoms with Crippen molar-refractivity contribution >= 4 is 51.7 Å². The second kappa shape index (κ2) is 10.6. The Balaban J connectivity index is 1.35. The molecule has 5 rings (SSSR count). The van der Waals surface area contributed by atoms with Gasteiger partial charge in [-0.05, 0) is 47.5 Å². The topological polar surface area (TPSA) is 83.4 Å². The number of hydrogen-bond donors (Lipinski definition) is 1. The fourth-order valence-corrected chi connectivity index (χ4v) is 5.36. The summed E-state index contributed by atoms with van der Waals surface area (Å²) in [6.07, 6.45) is 0.641. The molecule has 3 aromatic carbocycles. The molecule has 2 atom stereocenters. The number of benzene rings is 3. The molecule has 0 radical (unpaired) electrons. The minimum absolute atomic E-state index is 0.0133. The maximum Gasteiger partial charge on any atom is 0.262 e. The Kier molecular flexibility index (Phi) is 7.06. The number of nitrogens with zero attached hydrogens (tertiary/aromatic N) is 3. The van der Waals surface area contributed by atoms with Crippen molar-refractivity contribution in [3.8, 4) is 5.75 Å². The summed E-state index contributed by atoms with van der Waals surface area (Å²) >= 11 is 7.41. The Hall–Kier alpha value is -3.62. The maximum absolute atomic E-state index is 12.8. The molecule has 0 spiro atoms. The number of aliphatic imine (C=N–C) groups is 1. The maximum atomic E-state index is 12.8. The smallest absolute Gasteiger partial charge is 0.262 e. The van der Waals surface area contributed by atoms with E-state index < -0.39 is 5.25 Å². The van der Waals surface area contributed by atoms with Crippen molar-refractivity contribution in [3.05, 3.63) is 95.0 Å². The standard InChI is InChI=1S/C27H23ClN4O3S/c1-35-19-13-11-17(12-14-19)22-15-23(18-7-3-2-4-8-18)32(31-22)27-30-26(34)24(36-27)16-25(33)29-21-10-6-5-9-20(21)28/h2-14,23-24H,15-16H2,1H3,(H,29,33)/t23-,24-/m1/s1. The number of hydrazone groups is 1. The molecule has 0 aromatic heterocycles. The van der Waals surface area contributed by atoms with Gasteiger partial charge < -0.3 is 10.1 Å². The molecule has 3 aromatic rings. The molecule has 7 nitrogen and oxygen atoms in total. The van der Waals surface area contributed by atoms with Crippen LogP contribution in [0.3, 0.4) is 0 Å². The Labute approximate surface area is 218 Å². The van der Waals surface area contributed by atoms with Gasteiger partial charge in [0.2, 0.25) is 5.91 Å². The molecule has 0 saturated carbocycles. The van der Waals surface area contributed by atoms with E-state index in [9.17, 15) is 9.59 Å². The van der Waals surface area contributed by atoms with Crippen LogP contribution in [-0.2, 0) is 9.59 Å². The Morgan fingerprint density at radius 1 is 1.08 bits per heavy atom. The van der Waals surface area contributed by atoms with Gasteiger partial charge in [-0.2, -0.15) is 10.1 Å². The monoisotopic (exact) mass is 518 g/mol. The molecular weight excluding hydrogens is 496 g/mol. The molecule has 9 heteroatoms.